The van der Waals surface area contributed by atoms with Crippen LogP contribution in [0.2, 0.25) is 5.02 Å². The zero-order valence-electron chi connectivity index (χ0n) is 13.5. The molecule has 128 valence electrons. The number of amides is 1. The van der Waals surface area contributed by atoms with Crippen LogP contribution < -0.4 is 5.32 Å². The number of carbonyl (C=O) groups is 1. The minimum atomic E-state index is -0.467. The summed E-state index contributed by atoms with van der Waals surface area (Å²) in [6, 6.07) is 7.70. The Hall–Kier alpha value is -1.53. The highest BCUT2D eigenvalue weighted by Gasteiger charge is 2.41. The smallest absolute Gasteiger partial charge is 0.230 e. The maximum absolute atomic E-state index is 12.4. The van der Waals surface area contributed by atoms with Crippen LogP contribution in [-0.2, 0) is 16.1 Å². The molecule has 1 heterocycles. The molecule has 24 heavy (non-hydrogen) atoms. The van der Waals surface area contributed by atoms with Gasteiger partial charge in [-0.15, -0.1) is 11.8 Å². The number of nitrogens with zero attached hydrogens (tertiary/aromatic N) is 2. The van der Waals surface area contributed by atoms with Crippen LogP contribution in [0, 0.1) is 6.92 Å². The van der Waals surface area contributed by atoms with Gasteiger partial charge in [-0.25, -0.2) is 0 Å². The van der Waals surface area contributed by atoms with Crippen molar-refractivity contribution in [3.8, 4) is 0 Å². The zero-order chi connectivity index (χ0) is 17.0. The largest absolute Gasteiger partial charge is 0.343 e. The number of carbonyl (C=O) groups excluding carboxylic acids is 1. The molecule has 1 amide bonds. The molecule has 3 rings (SSSR count). The van der Waals surface area contributed by atoms with Crippen molar-refractivity contribution < 1.29 is 9.32 Å². The van der Waals surface area contributed by atoms with Crippen LogP contribution in [0.25, 0.3) is 0 Å². The lowest BCUT2D eigenvalue weighted by Gasteiger charge is -2.26. The fraction of sp³-hybridized carbons (Fsp3) is 0.471. The van der Waals surface area contributed by atoms with E-state index in [1.807, 2.05) is 24.3 Å². The highest BCUT2D eigenvalue weighted by atomic mass is 35.5. The van der Waals surface area contributed by atoms with Crippen molar-refractivity contribution in [1.82, 2.24) is 15.5 Å². The Morgan fingerprint density at radius 3 is 2.88 bits per heavy atom. The van der Waals surface area contributed by atoms with Crippen LogP contribution in [0.4, 0.5) is 0 Å². The van der Waals surface area contributed by atoms with Crippen LogP contribution >= 0.6 is 23.4 Å². The second kappa shape index (κ2) is 7.57. The molecule has 0 spiro atoms. The molecular formula is C17H20ClN3O2S. The lowest BCUT2D eigenvalue weighted by molar-refractivity contribution is -0.120. The van der Waals surface area contributed by atoms with E-state index >= 15 is 0 Å². The molecule has 7 heteroatoms. The summed E-state index contributed by atoms with van der Waals surface area (Å²) in [5.74, 6) is 2.28. The summed E-state index contributed by atoms with van der Waals surface area (Å²) < 4.78 is 5.10. The zero-order valence-corrected chi connectivity index (χ0v) is 15.1. The second-order valence-electron chi connectivity index (χ2n) is 6.10. The molecule has 1 N–H and O–H groups in total. The van der Waals surface area contributed by atoms with Gasteiger partial charge in [0.1, 0.15) is 5.54 Å². The first-order chi connectivity index (χ1) is 11.6. The van der Waals surface area contributed by atoms with Gasteiger partial charge in [-0.2, -0.15) is 4.98 Å². The number of hydrogen-bond acceptors (Lipinski definition) is 5. The van der Waals surface area contributed by atoms with Crippen molar-refractivity contribution >= 4 is 29.3 Å². The van der Waals surface area contributed by atoms with Gasteiger partial charge in [0, 0.05) is 17.7 Å². The van der Waals surface area contributed by atoms with E-state index in [-0.39, 0.29) is 5.91 Å². The number of aryl methyl sites for hydroxylation is 1. The van der Waals surface area contributed by atoms with Crippen LogP contribution in [0.1, 0.15) is 43.0 Å². The standard InChI is InChI=1S/C17H20ClN3O2S/c1-12-19-16(21-23-12)17(7-2-3-8-17)20-15(22)11-24-10-13-5-4-6-14(18)9-13/h4-6,9H,2-3,7-8,10-11H2,1H3,(H,20,22). The summed E-state index contributed by atoms with van der Waals surface area (Å²) in [5, 5.41) is 7.90. The van der Waals surface area contributed by atoms with E-state index in [0.29, 0.717) is 17.5 Å². The fourth-order valence-electron chi connectivity index (χ4n) is 3.07. The number of nitrogens with one attached hydrogen (secondary N) is 1. The van der Waals surface area contributed by atoms with Crippen molar-refractivity contribution in [2.24, 2.45) is 0 Å². The minimum absolute atomic E-state index is 0.00591. The average Bonchev–Trinajstić information content (AvgIpc) is 3.17. The Kier molecular flexibility index (Phi) is 5.46. The van der Waals surface area contributed by atoms with Gasteiger partial charge in [-0.05, 0) is 30.5 Å². The molecule has 0 saturated heterocycles. The first kappa shape index (κ1) is 17.3. The molecule has 0 bridgehead atoms. The van der Waals surface area contributed by atoms with E-state index in [1.165, 1.54) is 0 Å². The number of thioether (sulfide) groups is 1. The van der Waals surface area contributed by atoms with Crippen molar-refractivity contribution in [2.75, 3.05) is 5.75 Å². The lowest BCUT2D eigenvalue weighted by Crippen LogP contribution is -2.45. The highest BCUT2D eigenvalue weighted by Crippen LogP contribution is 2.37. The monoisotopic (exact) mass is 365 g/mol. The van der Waals surface area contributed by atoms with E-state index in [1.54, 1.807) is 18.7 Å². The van der Waals surface area contributed by atoms with E-state index in [9.17, 15) is 4.79 Å². The molecule has 5 nitrogen and oxygen atoms in total. The topological polar surface area (TPSA) is 68.0 Å². The van der Waals surface area contributed by atoms with Gasteiger partial charge in [0.2, 0.25) is 11.8 Å². The SMILES string of the molecule is Cc1nc(C2(NC(=O)CSCc3cccc(Cl)c3)CCCC2)no1. The Morgan fingerprint density at radius 1 is 1.42 bits per heavy atom. The molecule has 0 radical (unpaired) electrons. The van der Waals surface area contributed by atoms with E-state index < -0.39 is 5.54 Å². The van der Waals surface area contributed by atoms with Crippen molar-refractivity contribution in [1.29, 1.82) is 0 Å². The van der Waals surface area contributed by atoms with Crippen LogP contribution in [-0.4, -0.2) is 21.8 Å². The van der Waals surface area contributed by atoms with Gasteiger partial charge in [0.15, 0.2) is 5.82 Å². The lowest BCUT2D eigenvalue weighted by atomic mass is 9.96. The Bertz CT molecular complexity index is 713. The van der Waals surface area contributed by atoms with E-state index in [2.05, 4.69) is 15.5 Å². The Balaban J connectivity index is 1.56. The predicted octanol–water partition coefficient (Wildman–Crippen LogP) is 3.85. The van der Waals surface area contributed by atoms with Crippen molar-refractivity contribution in [3.05, 3.63) is 46.6 Å². The summed E-state index contributed by atoms with van der Waals surface area (Å²) in [5.41, 5.74) is 0.649. The number of halogens is 1. The van der Waals surface area contributed by atoms with Gasteiger partial charge in [-0.1, -0.05) is 41.7 Å². The fourth-order valence-corrected chi connectivity index (χ4v) is 4.06. The number of aromatic nitrogens is 2. The van der Waals surface area contributed by atoms with E-state index in [4.69, 9.17) is 16.1 Å². The van der Waals surface area contributed by atoms with Gasteiger partial charge in [0.05, 0.1) is 5.75 Å². The summed E-state index contributed by atoms with van der Waals surface area (Å²) >= 11 is 7.55. The third kappa shape index (κ3) is 4.11. The summed E-state index contributed by atoms with van der Waals surface area (Å²) in [6.07, 6.45) is 3.83. The average molecular weight is 366 g/mol. The molecule has 1 aliphatic rings. The maximum atomic E-state index is 12.4. The number of rotatable bonds is 6. The van der Waals surface area contributed by atoms with Crippen LogP contribution in [0.15, 0.2) is 28.8 Å². The molecule has 1 aliphatic carbocycles. The number of hydrogen-bond donors (Lipinski definition) is 1. The summed E-state index contributed by atoms with van der Waals surface area (Å²) in [6.45, 7) is 1.77. The molecule has 1 aromatic carbocycles. The van der Waals surface area contributed by atoms with Crippen molar-refractivity contribution in [3.63, 3.8) is 0 Å². The number of benzene rings is 1. The molecule has 1 saturated carbocycles. The van der Waals surface area contributed by atoms with E-state index in [0.717, 1.165) is 42.0 Å². The Morgan fingerprint density at radius 2 is 2.21 bits per heavy atom. The van der Waals surface area contributed by atoms with Crippen LogP contribution in [0.3, 0.4) is 0 Å². The first-order valence-corrected chi connectivity index (χ1v) is 9.55. The molecule has 0 unspecified atom stereocenters. The maximum Gasteiger partial charge on any atom is 0.230 e. The third-order valence-corrected chi connectivity index (χ3v) is 5.42. The van der Waals surface area contributed by atoms with Gasteiger partial charge >= 0.3 is 0 Å². The molecule has 1 aromatic heterocycles. The van der Waals surface area contributed by atoms with Crippen LogP contribution in [0.5, 0.6) is 0 Å². The highest BCUT2D eigenvalue weighted by molar-refractivity contribution is 7.99. The van der Waals surface area contributed by atoms with Gasteiger partial charge in [0.25, 0.3) is 0 Å². The predicted molar refractivity (Wildman–Crippen MR) is 94.9 cm³/mol. The Labute approximate surface area is 150 Å². The molecule has 0 aliphatic heterocycles. The first-order valence-electron chi connectivity index (χ1n) is 8.01. The molecule has 1 fully saturated rings. The third-order valence-electron chi connectivity index (χ3n) is 4.18. The summed E-state index contributed by atoms with van der Waals surface area (Å²) in [7, 11) is 0. The second-order valence-corrected chi connectivity index (χ2v) is 7.52. The van der Waals surface area contributed by atoms with Gasteiger partial charge < -0.3 is 9.84 Å². The minimum Gasteiger partial charge on any atom is -0.343 e. The van der Waals surface area contributed by atoms with Crippen molar-refractivity contribution in [2.45, 2.75) is 43.9 Å². The van der Waals surface area contributed by atoms with Gasteiger partial charge in [-0.3, -0.25) is 4.79 Å². The summed E-state index contributed by atoms with van der Waals surface area (Å²) in [4.78, 5) is 16.7. The molecular weight excluding hydrogens is 346 g/mol. The molecule has 2 aromatic rings. The quantitative estimate of drug-likeness (QED) is 0.842. The normalized spacial score (nSPS) is 16.2. The molecule has 0 atom stereocenters.